The van der Waals surface area contributed by atoms with Gasteiger partial charge in [-0.1, -0.05) is 116 Å². The minimum Gasteiger partial charge on any atom is -0.657 e. The summed E-state index contributed by atoms with van der Waals surface area (Å²) >= 11 is 0. The molecule has 5 heterocycles. The number of hydrogen-bond donors (Lipinski definition) is 0. The van der Waals surface area contributed by atoms with Crippen LogP contribution in [-0.2, 0) is 55.0 Å². The fraction of sp³-hybridized carbons (Fsp3) is 0.545. The van der Waals surface area contributed by atoms with Gasteiger partial charge in [-0.3, -0.25) is 0 Å². The largest absolute Gasteiger partial charge is 2.00 e. The van der Waals surface area contributed by atoms with Gasteiger partial charge in [-0.2, -0.15) is 0 Å². The normalized spacial score (nSPS) is 13.1. The third kappa shape index (κ3) is 7.04. The number of rotatable bonds is 14. The van der Waals surface area contributed by atoms with E-state index in [0.717, 1.165) is 112 Å². The molecular formula is C44H60N4Ni. The van der Waals surface area contributed by atoms with Crippen LogP contribution in [0.1, 0.15) is 177 Å². The van der Waals surface area contributed by atoms with Crippen LogP contribution in [0.2, 0.25) is 0 Å². The Morgan fingerprint density at radius 2 is 0.776 bits per heavy atom. The van der Waals surface area contributed by atoms with Gasteiger partial charge in [0.2, 0.25) is 0 Å². The average molecular weight is 704 g/mol. The summed E-state index contributed by atoms with van der Waals surface area (Å²) < 4.78 is 0. The van der Waals surface area contributed by atoms with Crippen molar-refractivity contribution >= 4 is 44.4 Å². The molecular weight excluding hydrogens is 643 g/mol. The Morgan fingerprint density at radius 3 is 1.06 bits per heavy atom. The van der Waals surface area contributed by atoms with Crippen LogP contribution in [0.25, 0.3) is 44.4 Å². The second-order valence-electron chi connectivity index (χ2n) is 13.5. The first-order valence-corrected chi connectivity index (χ1v) is 19.6. The molecule has 4 nitrogen and oxygen atoms in total. The maximum Gasteiger partial charge on any atom is 2.00 e. The Kier molecular flexibility index (Phi) is 13.8. The number of fused-ring (bicyclic) bond motifs is 8. The summed E-state index contributed by atoms with van der Waals surface area (Å²) in [5, 5.41) is 0. The Labute approximate surface area is 307 Å². The van der Waals surface area contributed by atoms with Crippen molar-refractivity contribution < 1.29 is 16.5 Å². The van der Waals surface area contributed by atoms with Gasteiger partial charge in [0, 0.05) is 0 Å². The summed E-state index contributed by atoms with van der Waals surface area (Å²) in [6.07, 6.45) is 14.2. The monoisotopic (exact) mass is 702 g/mol. The Bertz CT molecular complexity index is 1740. The maximum atomic E-state index is 5.58. The molecule has 0 spiro atoms. The predicted octanol–water partition coefficient (Wildman–Crippen LogP) is 12.0. The molecule has 2 aliphatic rings. The quantitative estimate of drug-likeness (QED) is 0.157. The number of aryl methyl sites for hydroxylation is 6. The molecule has 3 aromatic rings. The second kappa shape index (κ2) is 17.3. The molecule has 49 heavy (non-hydrogen) atoms. The van der Waals surface area contributed by atoms with E-state index >= 15 is 0 Å². The van der Waals surface area contributed by atoms with Crippen molar-refractivity contribution in [2.75, 3.05) is 0 Å². The molecule has 0 saturated heterocycles. The molecule has 5 rings (SSSR count). The van der Waals surface area contributed by atoms with E-state index in [0.29, 0.717) is 0 Å². The van der Waals surface area contributed by atoms with E-state index in [-0.39, 0.29) is 16.5 Å². The first-order chi connectivity index (χ1) is 23.4. The Morgan fingerprint density at radius 1 is 0.429 bits per heavy atom. The third-order valence-corrected chi connectivity index (χ3v) is 10.8. The molecule has 0 radical (unpaired) electrons. The zero-order valence-corrected chi connectivity index (χ0v) is 33.1. The standard InChI is InChI=1S/C44H60N4.Ni/c1-11-21-23-35-41-31(17-7)27(13-3)37(45-41)25-39-29(15-5)33(19-9)43(47-39)36(24-22-12-2)44-34(20-10)30(16-6)40(48-44)26-38-28(14-4)32(18-8)42(35)46-38;/h25-26H,11-24H2,1-10H3;/q-2;+2. The molecule has 0 fully saturated rings. The first-order valence-electron chi connectivity index (χ1n) is 19.6. The van der Waals surface area contributed by atoms with E-state index in [1.807, 2.05) is 0 Å². The van der Waals surface area contributed by atoms with Crippen LogP contribution in [0.15, 0.2) is 12.1 Å². The Hall–Kier alpha value is -2.91. The smallest absolute Gasteiger partial charge is 0.657 e. The minimum atomic E-state index is 0. The topological polar surface area (TPSA) is 54.0 Å². The number of unbranched alkanes of at least 4 members (excludes halogenated alkanes) is 2. The second-order valence-corrected chi connectivity index (χ2v) is 13.5. The molecule has 0 atom stereocenters. The molecule has 0 aliphatic carbocycles. The zero-order chi connectivity index (χ0) is 34.5. The van der Waals surface area contributed by atoms with Crippen molar-refractivity contribution in [3.63, 3.8) is 0 Å². The van der Waals surface area contributed by atoms with E-state index in [1.165, 1.54) is 78.1 Å². The predicted molar refractivity (Wildman–Crippen MR) is 208 cm³/mol. The van der Waals surface area contributed by atoms with Gasteiger partial charge in [0.05, 0.1) is 22.8 Å². The molecule has 0 N–H and O–H groups in total. The van der Waals surface area contributed by atoms with Gasteiger partial charge in [-0.05, 0) is 110 Å². The van der Waals surface area contributed by atoms with Gasteiger partial charge in [-0.15, -0.1) is 22.1 Å². The van der Waals surface area contributed by atoms with Crippen LogP contribution in [0.4, 0.5) is 0 Å². The van der Waals surface area contributed by atoms with Crippen molar-refractivity contribution in [1.29, 1.82) is 0 Å². The first kappa shape index (κ1) is 38.9. The van der Waals surface area contributed by atoms with Gasteiger partial charge in [-0.25, -0.2) is 9.97 Å². The summed E-state index contributed by atoms with van der Waals surface area (Å²) in [5.74, 6) is 0. The van der Waals surface area contributed by atoms with Gasteiger partial charge in [0.1, 0.15) is 0 Å². The van der Waals surface area contributed by atoms with Crippen LogP contribution in [0.5, 0.6) is 0 Å². The van der Waals surface area contributed by atoms with Gasteiger partial charge < -0.3 is 9.97 Å². The number of hydrogen-bond acceptors (Lipinski definition) is 2. The SMILES string of the molecule is CCCCc1c2nc(cc3[n-]c(c(CCCC)c4nc(cc5[n-]c1c(CC)c5CC)C(CC)=C4CC)c(CC)c3CC)C(CC)=C2CC.[Ni+2]. The molecule has 0 unspecified atom stereocenters. The van der Waals surface area contributed by atoms with E-state index in [1.54, 1.807) is 0 Å². The minimum absolute atomic E-state index is 0. The average Bonchev–Trinajstić information content (AvgIpc) is 3.84. The summed E-state index contributed by atoms with van der Waals surface area (Å²) in [6.45, 7) is 23.0. The van der Waals surface area contributed by atoms with Crippen LogP contribution in [0.3, 0.4) is 0 Å². The summed E-state index contributed by atoms with van der Waals surface area (Å²) in [5.41, 5.74) is 22.9. The van der Waals surface area contributed by atoms with Gasteiger partial charge >= 0.3 is 16.5 Å². The molecule has 0 aromatic carbocycles. The van der Waals surface area contributed by atoms with Crippen LogP contribution >= 0.6 is 0 Å². The van der Waals surface area contributed by atoms with Crippen LogP contribution in [-0.4, -0.2) is 9.97 Å². The van der Waals surface area contributed by atoms with E-state index in [4.69, 9.17) is 19.9 Å². The van der Waals surface area contributed by atoms with Crippen molar-refractivity contribution in [2.24, 2.45) is 0 Å². The van der Waals surface area contributed by atoms with Crippen molar-refractivity contribution in [3.8, 4) is 0 Å². The molecule has 0 amide bonds. The van der Waals surface area contributed by atoms with Gasteiger partial charge in [0.15, 0.2) is 0 Å². The van der Waals surface area contributed by atoms with E-state index in [9.17, 15) is 0 Å². The molecule has 2 aliphatic heterocycles. The summed E-state index contributed by atoms with van der Waals surface area (Å²) in [7, 11) is 0. The fourth-order valence-electron chi connectivity index (χ4n) is 8.45. The number of nitrogens with zero attached hydrogens (tertiary/aromatic N) is 4. The molecule has 5 heteroatoms. The van der Waals surface area contributed by atoms with Gasteiger partial charge in [0.25, 0.3) is 0 Å². The molecule has 266 valence electrons. The Balaban J connectivity index is 0.00000541. The molecule has 8 bridgehead atoms. The third-order valence-electron chi connectivity index (χ3n) is 10.8. The van der Waals surface area contributed by atoms with E-state index in [2.05, 4.69) is 81.4 Å². The maximum absolute atomic E-state index is 5.58. The fourth-order valence-corrected chi connectivity index (χ4v) is 8.45. The molecule has 0 saturated carbocycles. The van der Waals surface area contributed by atoms with Crippen molar-refractivity contribution in [1.82, 2.24) is 19.9 Å². The molecule has 3 aromatic heterocycles. The zero-order valence-electron chi connectivity index (χ0n) is 32.2. The van der Waals surface area contributed by atoms with E-state index < -0.39 is 0 Å². The van der Waals surface area contributed by atoms with Crippen LogP contribution < -0.4 is 9.97 Å². The van der Waals surface area contributed by atoms with Crippen LogP contribution in [0, 0.1) is 0 Å². The van der Waals surface area contributed by atoms with Crippen molar-refractivity contribution in [2.45, 2.75) is 159 Å². The van der Waals surface area contributed by atoms with Crippen molar-refractivity contribution in [3.05, 3.63) is 68.3 Å². The number of aromatic nitrogens is 4. The number of allylic oxidation sites excluding steroid dienone is 4. The summed E-state index contributed by atoms with van der Waals surface area (Å²) in [6, 6.07) is 4.67. The summed E-state index contributed by atoms with van der Waals surface area (Å²) in [4.78, 5) is 22.3.